The highest BCUT2D eigenvalue weighted by atomic mass is 79.9. The minimum Gasteiger partial charge on any atom is -0.493 e. The number of hydrogen-bond donors (Lipinski definition) is 2. The molecular weight excluding hydrogens is 294 g/mol. The van der Waals surface area contributed by atoms with Crippen molar-refractivity contribution in [1.29, 1.82) is 0 Å². The smallest absolute Gasteiger partial charge is 0.128 e. The Labute approximate surface area is 116 Å². The van der Waals surface area contributed by atoms with Crippen molar-refractivity contribution in [1.82, 2.24) is 5.32 Å². The molecule has 1 unspecified atom stereocenters. The summed E-state index contributed by atoms with van der Waals surface area (Å²) < 4.78 is 6.74. The van der Waals surface area contributed by atoms with Crippen LogP contribution in [0.4, 0.5) is 0 Å². The number of aliphatic hydroxyl groups is 1. The first-order valence-corrected chi connectivity index (χ1v) is 7.39. The van der Waals surface area contributed by atoms with Gasteiger partial charge < -0.3 is 15.2 Å². The average Bonchev–Trinajstić information content (AvgIpc) is 2.86. The predicted molar refractivity (Wildman–Crippen MR) is 73.9 cm³/mol. The lowest BCUT2D eigenvalue weighted by Gasteiger charge is -2.28. The molecule has 0 radical (unpaired) electrons. The molecule has 3 rings (SSSR count). The Morgan fingerprint density at radius 3 is 2.89 bits per heavy atom. The monoisotopic (exact) mass is 311 g/mol. The van der Waals surface area contributed by atoms with Gasteiger partial charge >= 0.3 is 0 Å². The molecule has 1 saturated heterocycles. The molecule has 1 atom stereocenters. The summed E-state index contributed by atoms with van der Waals surface area (Å²) in [4.78, 5) is 0. The highest BCUT2D eigenvalue weighted by Gasteiger charge is 2.28. The van der Waals surface area contributed by atoms with E-state index in [0.29, 0.717) is 5.92 Å². The molecule has 0 bridgehead atoms. The molecule has 2 N–H and O–H groups in total. The molecular formula is C14H18BrNO2. The first kappa shape index (κ1) is 12.5. The maximum Gasteiger partial charge on any atom is 0.128 e. The summed E-state index contributed by atoms with van der Waals surface area (Å²) in [7, 11) is 0. The molecule has 0 saturated carbocycles. The molecule has 3 nitrogen and oxygen atoms in total. The molecule has 98 valence electrons. The van der Waals surface area contributed by atoms with Gasteiger partial charge in [0.2, 0.25) is 0 Å². The molecule has 1 fully saturated rings. The number of hydrogen-bond acceptors (Lipinski definition) is 3. The number of ether oxygens (including phenoxy) is 1. The molecule has 0 spiro atoms. The van der Waals surface area contributed by atoms with Gasteiger partial charge in [-0.05, 0) is 49.5 Å². The average molecular weight is 312 g/mol. The highest BCUT2D eigenvalue weighted by Crippen LogP contribution is 2.40. The van der Waals surface area contributed by atoms with Gasteiger partial charge in [-0.2, -0.15) is 0 Å². The van der Waals surface area contributed by atoms with Gasteiger partial charge in [0.1, 0.15) is 5.75 Å². The second kappa shape index (κ2) is 5.19. The molecule has 2 aliphatic rings. The number of rotatable bonds is 2. The van der Waals surface area contributed by atoms with E-state index < -0.39 is 6.10 Å². The van der Waals surface area contributed by atoms with Gasteiger partial charge in [-0.3, -0.25) is 0 Å². The topological polar surface area (TPSA) is 41.5 Å². The van der Waals surface area contributed by atoms with Crippen molar-refractivity contribution in [2.45, 2.75) is 25.4 Å². The van der Waals surface area contributed by atoms with Crippen LogP contribution < -0.4 is 10.1 Å². The summed E-state index contributed by atoms with van der Waals surface area (Å²) in [5.41, 5.74) is 2.18. The number of aliphatic hydroxyl groups excluding tert-OH is 1. The Bertz CT molecular complexity index is 444. The first-order valence-electron chi connectivity index (χ1n) is 6.59. The quantitative estimate of drug-likeness (QED) is 0.881. The maximum absolute atomic E-state index is 10.6. The highest BCUT2D eigenvalue weighted by molar-refractivity contribution is 9.10. The van der Waals surface area contributed by atoms with Crippen LogP contribution in [-0.4, -0.2) is 24.8 Å². The van der Waals surface area contributed by atoms with Gasteiger partial charge in [-0.1, -0.05) is 15.9 Å². The lowest BCUT2D eigenvalue weighted by Crippen LogP contribution is -2.31. The third-order valence-corrected chi connectivity index (χ3v) is 4.38. The van der Waals surface area contributed by atoms with Crippen LogP contribution in [0.25, 0.3) is 0 Å². The Morgan fingerprint density at radius 1 is 1.33 bits per heavy atom. The standard InChI is InChI=1S/C14H18BrNO2/c15-11-7-10-3-6-18-14(10)12(8-11)13(17)9-1-4-16-5-2-9/h7-9,13,16-17H,1-6H2. The van der Waals surface area contributed by atoms with Crippen molar-refractivity contribution >= 4 is 15.9 Å². The molecule has 1 aromatic rings. The number of halogens is 1. The molecule has 1 aromatic carbocycles. The molecule has 18 heavy (non-hydrogen) atoms. The fraction of sp³-hybridized carbons (Fsp3) is 0.571. The molecule has 0 amide bonds. The van der Waals surface area contributed by atoms with Gasteiger partial charge in [0.05, 0.1) is 12.7 Å². The third-order valence-electron chi connectivity index (χ3n) is 3.93. The normalized spacial score (nSPS) is 21.4. The summed E-state index contributed by atoms with van der Waals surface area (Å²) in [5.74, 6) is 1.26. The second-order valence-electron chi connectivity index (χ2n) is 5.11. The summed E-state index contributed by atoms with van der Waals surface area (Å²) in [6, 6.07) is 4.11. The zero-order valence-corrected chi connectivity index (χ0v) is 11.9. The maximum atomic E-state index is 10.6. The van der Waals surface area contributed by atoms with Crippen molar-refractivity contribution in [2.75, 3.05) is 19.7 Å². The number of nitrogens with one attached hydrogen (secondary N) is 1. The zero-order valence-electron chi connectivity index (χ0n) is 10.3. The Hall–Kier alpha value is -0.580. The molecule has 0 aliphatic carbocycles. The van der Waals surface area contributed by atoms with Crippen molar-refractivity contribution in [3.63, 3.8) is 0 Å². The summed E-state index contributed by atoms with van der Waals surface area (Å²) in [6.07, 6.45) is 2.60. The largest absolute Gasteiger partial charge is 0.493 e. The van der Waals surface area contributed by atoms with Crippen molar-refractivity contribution in [2.24, 2.45) is 5.92 Å². The molecule has 2 heterocycles. The number of piperidine rings is 1. The lowest BCUT2D eigenvalue weighted by atomic mass is 9.87. The first-order chi connectivity index (χ1) is 8.75. The fourth-order valence-electron chi connectivity index (χ4n) is 2.93. The predicted octanol–water partition coefficient (Wildman–Crippen LogP) is 2.42. The summed E-state index contributed by atoms with van der Waals surface area (Å²) >= 11 is 3.53. The van der Waals surface area contributed by atoms with Crippen molar-refractivity contribution in [3.8, 4) is 5.75 Å². The van der Waals surface area contributed by atoms with Gasteiger partial charge in [-0.15, -0.1) is 0 Å². The van der Waals surface area contributed by atoms with Crippen LogP contribution in [0, 0.1) is 5.92 Å². The van der Waals surface area contributed by atoms with E-state index in [1.165, 1.54) is 5.56 Å². The van der Waals surface area contributed by atoms with E-state index >= 15 is 0 Å². The molecule has 0 aromatic heterocycles. The van der Waals surface area contributed by atoms with Crippen LogP contribution in [0.5, 0.6) is 5.75 Å². The zero-order chi connectivity index (χ0) is 12.5. The molecule has 2 aliphatic heterocycles. The number of fused-ring (bicyclic) bond motifs is 1. The van der Waals surface area contributed by atoms with E-state index in [1.54, 1.807) is 0 Å². The Kier molecular flexibility index (Phi) is 3.59. The van der Waals surface area contributed by atoms with Crippen LogP contribution in [0.15, 0.2) is 16.6 Å². The van der Waals surface area contributed by atoms with Gasteiger partial charge in [0.25, 0.3) is 0 Å². The lowest BCUT2D eigenvalue weighted by molar-refractivity contribution is 0.0863. The van der Waals surface area contributed by atoms with Crippen LogP contribution >= 0.6 is 15.9 Å². The molecule has 4 heteroatoms. The van der Waals surface area contributed by atoms with Gasteiger partial charge in [-0.25, -0.2) is 0 Å². The Morgan fingerprint density at radius 2 is 2.11 bits per heavy atom. The van der Waals surface area contributed by atoms with E-state index in [2.05, 4.69) is 27.3 Å². The van der Waals surface area contributed by atoms with Crippen LogP contribution in [0.1, 0.15) is 30.1 Å². The second-order valence-corrected chi connectivity index (χ2v) is 6.03. The van der Waals surface area contributed by atoms with Crippen LogP contribution in [-0.2, 0) is 6.42 Å². The van der Waals surface area contributed by atoms with Gasteiger partial charge in [0, 0.05) is 16.5 Å². The van der Waals surface area contributed by atoms with E-state index in [0.717, 1.165) is 54.7 Å². The van der Waals surface area contributed by atoms with E-state index in [4.69, 9.17) is 4.74 Å². The van der Waals surface area contributed by atoms with E-state index in [-0.39, 0.29) is 0 Å². The minimum atomic E-state index is -0.406. The number of benzene rings is 1. The third kappa shape index (κ3) is 2.29. The Balaban J connectivity index is 1.91. The van der Waals surface area contributed by atoms with E-state index in [9.17, 15) is 5.11 Å². The van der Waals surface area contributed by atoms with Crippen molar-refractivity contribution < 1.29 is 9.84 Å². The minimum absolute atomic E-state index is 0.342. The summed E-state index contributed by atoms with van der Waals surface area (Å²) in [5, 5.41) is 13.9. The summed E-state index contributed by atoms with van der Waals surface area (Å²) in [6.45, 7) is 2.73. The fourth-order valence-corrected chi connectivity index (χ4v) is 3.45. The van der Waals surface area contributed by atoms with Crippen molar-refractivity contribution in [3.05, 3.63) is 27.7 Å². The van der Waals surface area contributed by atoms with Gasteiger partial charge in [0.15, 0.2) is 0 Å². The van der Waals surface area contributed by atoms with Crippen LogP contribution in [0.3, 0.4) is 0 Å². The SMILES string of the molecule is OC(c1cc(Br)cc2c1OCC2)C1CCNCC1. The van der Waals surface area contributed by atoms with Crippen LogP contribution in [0.2, 0.25) is 0 Å². The van der Waals surface area contributed by atoms with E-state index in [1.807, 2.05) is 6.07 Å².